The predicted molar refractivity (Wildman–Crippen MR) is 337 cm³/mol. The average molecular weight is 1310 g/mol. The predicted octanol–water partition coefficient (Wildman–Crippen LogP) is 17.7. The van der Waals surface area contributed by atoms with Gasteiger partial charge in [-0.15, -0.1) is 77.8 Å². The van der Waals surface area contributed by atoms with Crippen LogP contribution in [0.1, 0.15) is 60.3 Å². The molecule has 7 aromatic carbocycles. The molecule has 7 nitrogen and oxygen atoms in total. The number of rotatable bonds is 10. The number of imidazole rings is 1. The third-order valence-corrected chi connectivity index (χ3v) is 18.3. The molecule has 5 heterocycles. The van der Waals surface area contributed by atoms with Gasteiger partial charge in [0.1, 0.15) is 0 Å². The molecule has 5 aromatic heterocycles. The first-order chi connectivity index (χ1) is 40.6. The second-order valence-corrected chi connectivity index (χ2v) is 33.0. The summed E-state index contributed by atoms with van der Waals surface area (Å²) in [5.41, 5.74) is 14.5. The minimum absolute atomic E-state index is 0. The molecule has 0 aliphatic heterocycles. The van der Waals surface area contributed by atoms with E-state index in [0.29, 0.717) is 22.6 Å². The second kappa shape index (κ2) is 25.0. The molecule has 83 heavy (non-hydrogen) atoms. The van der Waals surface area contributed by atoms with Crippen molar-refractivity contribution in [2.45, 2.75) is 78.8 Å². The Labute approximate surface area is 505 Å². The van der Waals surface area contributed by atoms with Gasteiger partial charge in [0, 0.05) is 43.4 Å². The first-order valence-electron chi connectivity index (χ1n) is 28.8. The van der Waals surface area contributed by atoms with Gasteiger partial charge in [-0.25, -0.2) is 4.98 Å². The summed E-state index contributed by atoms with van der Waals surface area (Å²) >= 11 is 0. The van der Waals surface area contributed by atoms with E-state index in [4.69, 9.17) is 18.5 Å². The van der Waals surface area contributed by atoms with Gasteiger partial charge in [0.15, 0.2) is 0 Å². The maximum atomic E-state index is 13.4. The van der Waals surface area contributed by atoms with Crippen molar-refractivity contribution >= 4 is 59.6 Å². The van der Waals surface area contributed by atoms with Crippen molar-refractivity contribution in [3.8, 4) is 68.0 Å². The van der Waals surface area contributed by atoms with Crippen LogP contribution in [-0.2, 0) is 20.1 Å². The zero-order valence-corrected chi connectivity index (χ0v) is 52.4. The molecule has 12 aromatic rings. The van der Waals surface area contributed by atoms with Gasteiger partial charge in [-0.2, -0.15) is 5.26 Å². The topological polar surface area (TPSA) is 93.4 Å². The van der Waals surface area contributed by atoms with E-state index in [0.717, 1.165) is 61.4 Å². The van der Waals surface area contributed by atoms with Crippen molar-refractivity contribution in [1.29, 1.82) is 5.26 Å². The summed E-state index contributed by atoms with van der Waals surface area (Å²) in [5, 5.41) is 13.8. The van der Waals surface area contributed by atoms with E-state index in [-0.39, 0.29) is 49.4 Å². The Balaban J connectivity index is 0.000000190. The van der Waals surface area contributed by atoms with Gasteiger partial charge < -0.3 is 19.0 Å². The van der Waals surface area contributed by atoms with Crippen molar-refractivity contribution in [3.05, 3.63) is 235 Å². The molecule has 0 radical (unpaired) electrons. The summed E-state index contributed by atoms with van der Waals surface area (Å²) in [6.45, 7) is 22.5. The molecule has 12 rings (SSSR count). The van der Waals surface area contributed by atoms with Crippen molar-refractivity contribution in [2.75, 3.05) is 0 Å². The fraction of sp³-hybridized carbons (Fsp3) is 0.169. The number of aromatic nitrogens is 5. The molecule has 0 saturated carbocycles. The van der Waals surface area contributed by atoms with E-state index < -0.39 is 34.0 Å². The average Bonchev–Trinajstić information content (AvgIpc) is 1.75. The Hall–Kier alpha value is -8.31. The maximum Gasteiger partial charge on any atom is 3.00 e. The Kier molecular flexibility index (Phi) is 16.7. The third kappa shape index (κ3) is 13.2. The molecule has 12 heteroatoms. The van der Waals surface area contributed by atoms with Gasteiger partial charge in [0.25, 0.3) is 0 Å². The normalized spacial score (nSPS) is 12.0. The molecule has 0 atom stereocenters. The number of hydrogen-bond donors (Lipinski definition) is 0. The van der Waals surface area contributed by atoms with Gasteiger partial charge >= 0.3 is 20.1 Å². The van der Waals surface area contributed by atoms with Crippen molar-refractivity contribution < 1.29 is 37.4 Å². The number of hydrogen-bond acceptors (Lipinski definition) is 6. The zero-order valence-electron chi connectivity index (χ0n) is 51.0. The summed E-state index contributed by atoms with van der Waals surface area (Å²) in [5.74, 6) is -0.00407. The van der Waals surface area contributed by atoms with Crippen LogP contribution >= 0.6 is 0 Å². The fourth-order valence-corrected chi connectivity index (χ4v) is 11.8. The van der Waals surface area contributed by atoms with E-state index in [1.807, 2.05) is 66.9 Å². The van der Waals surface area contributed by atoms with Gasteiger partial charge in [-0.3, -0.25) is 13.8 Å². The maximum absolute atomic E-state index is 13.4. The van der Waals surface area contributed by atoms with Crippen LogP contribution in [0.3, 0.4) is 0 Å². The Bertz CT molecular complexity index is 4430. The number of pyridine rings is 3. The molecule has 0 aliphatic rings. The minimum Gasteiger partial charge on any atom is -0.486 e. The molecule has 0 unspecified atom stereocenters. The molecular weight excluding hydrogens is 1240 g/mol. The molecule has 0 N–H and O–H groups in total. The Morgan fingerprint density at radius 1 is 0.602 bits per heavy atom. The molecule has 0 amide bonds. The number of benzene rings is 7. The van der Waals surface area contributed by atoms with E-state index in [1.165, 1.54) is 44.8 Å². The van der Waals surface area contributed by atoms with Crippen molar-refractivity contribution in [1.82, 2.24) is 24.5 Å². The van der Waals surface area contributed by atoms with Crippen LogP contribution < -0.4 is 10.4 Å². The van der Waals surface area contributed by atoms with Crippen LogP contribution in [0.15, 0.2) is 193 Å². The van der Waals surface area contributed by atoms with Crippen LogP contribution in [0.2, 0.25) is 39.3 Å². The number of furan rings is 1. The first kappa shape index (κ1) is 55.2. The van der Waals surface area contributed by atoms with Crippen LogP contribution in [0.4, 0.5) is 8.78 Å². The second-order valence-electron chi connectivity index (χ2n) is 22.9. The Morgan fingerprint density at radius 3 is 1.86 bits per heavy atom. The molecule has 414 valence electrons. The molecular formula is C71H63F2IrN6OSi2. The number of para-hydroxylation sites is 2. The third-order valence-electron chi connectivity index (χ3n) is 14.3. The number of halogens is 2. The molecule has 0 saturated heterocycles. The zero-order chi connectivity index (χ0) is 60.5. The minimum atomic E-state index is -1.46. The summed E-state index contributed by atoms with van der Waals surface area (Å²) in [7, 11) is -2.75. The molecule has 0 bridgehead atoms. The van der Waals surface area contributed by atoms with Gasteiger partial charge in [0.05, 0.1) is 55.9 Å². The van der Waals surface area contributed by atoms with Crippen molar-refractivity contribution in [2.24, 2.45) is 0 Å². The first-order valence-corrected chi connectivity index (χ1v) is 34.3. The SMILES string of the molecule is CC(C)c1cc(-c2ccccc2)cc(C(C)C)c1-n1c(-c2[c-]ccc3c2oc2nc(-c4cccc(C#N)c4)ccc23)nc2ccccc21.C[Si](C)(C)c1ccc(-c2[c-]cc(F)cc2)nc1.[2H]c1[c-]c(-c2ccc([Si](C)(C)C)cn2)c([2H])c([2H])c1F.[Ir+3]. The number of nitrogens with zero attached hydrogens (tertiary/aromatic N) is 6. The van der Waals surface area contributed by atoms with Crippen LogP contribution in [0.25, 0.3) is 95.1 Å². The van der Waals surface area contributed by atoms with Gasteiger partial charge in [-0.05, 0) is 106 Å². The fourth-order valence-electron chi connectivity index (χ4n) is 9.71. The summed E-state index contributed by atoms with van der Waals surface area (Å²) in [6.07, 6.45) is 3.68. The smallest absolute Gasteiger partial charge is 0.486 e. The van der Waals surface area contributed by atoms with Crippen LogP contribution in [0, 0.1) is 41.2 Å². The van der Waals surface area contributed by atoms with Crippen LogP contribution in [-0.4, -0.2) is 40.7 Å². The molecule has 0 aliphatic carbocycles. The van der Waals surface area contributed by atoms with Crippen LogP contribution in [0.5, 0.6) is 0 Å². The quantitative estimate of drug-likeness (QED) is 0.100. The Morgan fingerprint density at radius 2 is 1.24 bits per heavy atom. The van der Waals surface area contributed by atoms with Crippen molar-refractivity contribution in [3.63, 3.8) is 0 Å². The number of nitriles is 1. The standard InChI is InChI=1S/C43H33N4O.2C14H15FNSi.Ir/c1-26(2)35-23-31(29-13-6-5-7-14-29)24-36(27(3)4)40(35)47-39-19-9-8-18-38(39)45-42(47)34-17-11-16-32-33-20-21-37(46-43(33)48-41(32)34)30-15-10-12-28(22-30)25-44;2*1-17(2,3)13-8-9-14(16-10-13)11-4-6-12(15)7-5-11;/h5-16,18-24,26-27H,1-4H3;2*4,6-10H,1-3H3;/q3*-1;+3/i;4D,6D,7D;;. The van der Waals surface area contributed by atoms with Gasteiger partial charge in [0.2, 0.25) is 5.71 Å². The molecule has 0 fully saturated rings. The van der Waals surface area contributed by atoms with E-state index in [2.05, 4.69) is 173 Å². The summed E-state index contributed by atoms with van der Waals surface area (Å²) < 4.78 is 57.8. The van der Waals surface area contributed by atoms with E-state index >= 15 is 0 Å². The van der Waals surface area contributed by atoms with E-state index in [9.17, 15) is 14.0 Å². The molecule has 0 spiro atoms. The largest absolute Gasteiger partial charge is 3.00 e. The van der Waals surface area contributed by atoms with Gasteiger partial charge in [-0.1, -0.05) is 157 Å². The monoisotopic (exact) mass is 1310 g/mol. The summed E-state index contributed by atoms with van der Waals surface area (Å²) in [4.78, 5) is 18.9. The number of fused-ring (bicyclic) bond motifs is 4. The van der Waals surface area contributed by atoms with E-state index in [1.54, 1.807) is 24.4 Å². The summed E-state index contributed by atoms with van der Waals surface area (Å²) in [6, 6.07) is 61.1.